The largest absolute Gasteiger partial charge is 0.460 e. The highest BCUT2D eigenvalue weighted by Crippen LogP contribution is 2.34. The Balaban J connectivity index is 1.96. The smallest absolute Gasteiger partial charge is 0.416 e. The molecule has 148 valence electrons. The minimum atomic E-state index is -4.74. The fraction of sp³-hybridized carbons (Fsp3) is 0.188. The molecule has 2 aromatic rings. The van der Waals surface area contributed by atoms with Crippen molar-refractivity contribution in [3.8, 4) is 0 Å². The number of non-ortho nitro benzene ring substituents is 1. The molecule has 0 saturated carbocycles. The fourth-order valence-electron chi connectivity index (χ4n) is 2.10. The third-order valence-electron chi connectivity index (χ3n) is 3.49. The number of benzene rings is 2. The van der Waals surface area contributed by atoms with Crippen LogP contribution in [0.4, 0.5) is 30.2 Å². The number of nitrogens with zero attached hydrogens (tertiary/aromatic N) is 2. The summed E-state index contributed by atoms with van der Waals surface area (Å²) in [7, 11) is 0. The number of nitro benzene ring substituents is 2. The van der Waals surface area contributed by atoms with Crippen LogP contribution < -0.4 is 5.32 Å². The lowest BCUT2D eigenvalue weighted by Gasteiger charge is -2.10. The molecular weight excluding hydrogens is 387 g/mol. The Morgan fingerprint density at radius 1 is 1.04 bits per heavy atom. The minimum absolute atomic E-state index is 0.133. The maximum absolute atomic E-state index is 12.7. The van der Waals surface area contributed by atoms with Crippen LogP contribution in [0.15, 0.2) is 42.5 Å². The lowest BCUT2D eigenvalue weighted by Crippen LogP contribution is -2.17. The van der Waals surface area contributed by atoms with Gasteiger partial charge in [0, 0.05) is 18.2 Å². The van der Waals surface area contributed by atoms with E-state index in [2.05, 4.69) is 5.32 Å². The number of rotatable bonds is 7. The first-order valence-corrected chi connectivity index (χ1v) is 7.56. The maximum atomic E-state index is 12.7. The molecule has 0 aromatic heterocycles. The number of hydrogen-bond donors (Lipinski definition) is 1. The fourth-order valence-corrected chi connectivity index (χ4v) is 2.10. The topological polar surface area (TPSA) is 125 Å². The Hall–Kier alpha value is -3.70. The van der Waals surface area contributed by atoms with Crippen molar-refractivity contribution in [1.29, 1.82) is 0 Å². The molecule has 9 nitrogen and oxygen atoms in total. The van der Waals surface area contributed by atoms with Crippen molar-refractivity contribution >= 4 is 23.0 Å². The zero-order valence-electron chi connectivity index (χ0n) is 13.9. The zero-order valence-corrected chi connectivity index (χ0v) is 13.9. The molecule has 2 rings (SSSR count). The number of halogens is 3. The number of hydrogen-bond acceptors (Lipinski definition) is 7. The van der Waals surface area contributed by atoms with Crippen LogP contribution >= 0.6 is 0 Å². The van der Waals surface area contributed by atoms with Gasteiger partial charge in [-0.15, -0.1) is 0 Å². The third kappa shape index (κ3) is 5.40. The molecule has 12 heteroatoms. The van der Waals surface area contributed by atoms with Crippen LogP contribution in [0.25, 0.3) is 0 Å². The van der Waals surface area contributed by atoms with E-state index in [1.165, 1.54) is 24.3 Å². The van der Waals surface area contributed by atoms with E-state index in [1.807, 2.05) is 0 Å². The van der Waals surface area contributed by atoms with Crippen molar-refractivity contribution in [3.05, 3.63) is 73.8 Å². The number of nitro groups is 2. The summed E-state index contributed by atoms with van der Waals surface area (Å²) in [5, 5.41) is 23.9. The van der Waals surface area contributed by atoms with Gasteiger partial charge in [0.15, 0.2) is 0 Å². The normalized spacial score (nSPS) is 11.0. The second-order valence-electron chi connectivity index (χ2n) is 5.42. The van der Waals surface area contributed by atoms with Crippen molar-refractivity contribution in [1.82, 2.24) is 0 Å². The first kappa shape index (κ1) is 20.6. The van der Waals surface area contributed by atoms with Crippen LogP contribution in [-0.2, 0) is 22.3 Å². The van der Waals surface area contributed by atoms with Gasteiger partial charge in [0.05, 0.1) is 15.4 Å². The van der Waals surface area contributed by atoms with E-state index in [-0.39, 0.29) is 18.0 Å². The molecule has 0 aliphatic rings. The van der Waals surface area contributed by atoms with E-state index in [1.54, 1.807) is 0 Å². The predicted octanol–water partition coefficient (Wildman–Crippen LogP) is 3.68. The molecule has 0 fully saturated rings. The van der Waals surface area contributed by atoms with Gasteiger partial charge >= 0.3 is 12.1 Å². The molecule has 0 heterocycles. The molecule has 0 radical (unpaired) electrons. The average molecular weight is 399 g/mol. The first-order valence-electron chi connectivity index (χ1n) is 7.56. The lowest BCUT2D eigenvalue weighted by molar-refractivity contribution is -0.384. The highest BCUT2D eigenvalue weighted by molar-refractivity contribution is 5.76. The Morgan fingerprint density at radius 3 is 2.21 bits per heavy atom. The van der Waals surface area contributed by atoms with Gasteiger partial charge in [0.2, 0.25) is 0 Å². The Kier molecular flexibility index (Phi) is 6.13. The van der Waals surface area contributed by atoms with E-state index < -0.39 is 39.8 Å². The van der Waals surface area contributed by atoms with Crippen molar-refractivity contribution in [2.45, 2.75) is 12.8 Å². The lowest BCUT2D eigenvalue weighted by atomic mass is 10.1. The van der Waals surface area contributed by atoms with Gasteiger partial charge in [-0.05, 0) is 29.8 Å². The molecule has 2 aromatic carbocycles. The summed E-state index contributed by atoms with van der Waals surface area (Å²) in [5.74, 6) is -0.826. The van der Waals surface area contributed by atoms with Crippen molar-refractivity contribution in [2.75, 3.05) is 11.9 Å². The highest BCUT2D eigenvalue weighted by atomic mass is 19.4. The molecule has 0 aliphatic heterocycles. The number of anilines is 1. The molecule has 0 unspecified atom stereocenters. The van der Waals surface area contributed by atoms with Gasteiger partial charge in [-0.2, -0.15) is 13.2 Å². The minimum Gasteiger partial charge on any atom is -0.460 e. The second kappa shape index (κ2) is 8.33. The van der Waals surface area contributed by atoms with E-state index in [0.29, 0.717) is 17.7 Å². The van der Waals surface area contributed by atoms with Crippen molar-refractivity contribution in [3.63, 3.8) is 0 Å². The number of esters is 1. The Labute approximate surface area is 155 Å². The average Bonchev–Trinajstić information content (AvgIpc) is 2.64. The van der Waals surface area contributed by atoms with Crippen LogP contribution in [0.3, 0.4) is 0 Å². The summed E-state index contributed by atoms with van der Waals surface area (Å²) in [6.45, 7) is -0.729. The van der Waals surface area contributed by atoms with Crippen LogP contribution in [0.2, 0.25) is 0 Å². The Morgan fingerprint density at radius 2 is 1.68 bits per heavy atom. The molecule has 0 aliphatic carbocycles. The number of carbonyl (C=O) groups is 1. The van der Waals surface area contributed by atoms with Crippen LogP contribution in [0.1, 0.15) is 11.1 Å². The highest BCUT2D eigenvalue weighted by Gasteiger charge is 2.33. The summed E-state index contributed by atoms with van der Waals surface area (Å²) >= 11 is 0. The van der Waals surface area contributed by atoms with Gasteiger partial charge < -0.3 is 10.1 Å². The van der Waals surface area contributed by atoms with Gasteiger partial charge in [-0.25, -0.2) is 0 Å². The maximum Gasteiger partial charge on any atom is 0.416 e. The summed E-state index contributed by atoms with van der Waals surface area (Å²) < 4.78 is 42.9. The standard InChI is InChI=1S/C16H12F3N3O6/c17-16(18,19)11-3-6-13(14(7-11)22(26)27)20-8-15(23)28-9-10-1-4-12(5-2-10)21(24)25/h1-7,20H,8-9H2. The number of nitrogens with one attached hydrogen (secondary N) is 1. The van der Waals surface area contributed by atoms with E-state index in [0.717, 1.165) is 6.07 Å². The predicted molar refractivity (Wildman–Crippen MR) is 89.5 cm³/mol. The summed E-state index contributed by atoms with van der Waals surface area (Å²) in [5.41, 5.74) is -1.96. The molecule has 0 amide bonds. The first-order chi connectivity index (χ1) is 13.1. The molecule has 28 heavy (non-hydrogen) atoms. The molecule has 0 spiro atoms. The number of ether oxygens (including phenoxy) is 1. The monoisotopic (exact) mass is 399 g/mol. The van der Waals surface area contributed by atoms with E-state index >= 15 is 0 Å². The van der Waals surface area contributed by atoms with Crippen LogP contribution in [0.5, 0.6) is 0 Å². The van der Waals surface area contributed by atoms with Gasteiger partial charge in [-0.1, -0.05) is 0 Å². The summed E-state index contributed by atoms with van der Waals surface area (Å²) in [6, 6.07) is 7.10. The van der Waals surface area contributed by atoms with Crippen molar-refractivity contribution < 1.29 is 32.5 Å². The number of carbonyl (C=O) groups excluding carboxylic acids is 1. The molecular formula is C16H12F3N3O6. The van der Waals surface area contributed by atoms with Gasteiger partial charge in [0.25, 0.3) is 11.4 Å². The quantitative estimate of drug-likeness (QED) is 0.428. The molecule has 0 saturated heterocycles. The Bertz CT molecular complexity index is 899. The summed E-state index contributed by atoms with van der Waals surface area (Å²) in [6.07, 6.45) is -4.74. The summed E-state index contributed by atoms with van der Waals surface area (Å²) in [4.78, 5) is 31.7. The zero-order chi connectivity index (χ0) is 20.9. The van der Waals surface area contributed by atoms with Gasteiger partial charge in [0.1, 0.15) is 18.8 Å². The van der Waals surface area contributed by atoms with E-state index in [4.69, 9.17) is 4.74 Å². The molecule has 0 bridgehead atoms. The van der Waals surface area contributed by atoms with Crippen LogP contribution in [0, 0.1) is 20.2 Å². The SMILES string of the molecule is O=C(CNc1ccc(C(F)(F)F)cc1[N+](=O)[O-])OCc1ccc([N+](=O)[O-])cc1. The third-order valence-corrected chi connectivity index (χ3v) is 3.49. The van der Waals surface area contributed by atoms with Gasteiger partial charge in [-0.3, -0.25) is 25.0 Å². The molecule has 0 atom stereocenters. The molecule has 1 N–H and O–H groups in total. The second-order valence-corrected chi connectivity index (χ2v) is 5.42. The van der Waals surface area contributed by atoms with Crippen molar-refractivity contribution in [2.24, 2.45) is 0 Å². The van der Waals surface area contributed by atoms with Crippen LogP contribution in [-0.4, -0.2) is 22.4 Å². The van der Waals surface area contributed by atoms with E-state index in [9.17, 15) is 38.2 Å². The number of alkyl halides is 3.